The Morgan fingerprint density at radius 1 is 1.29 bits per heavy atom. The van der Waals surface area contributed by atoms with E-state index in [1.165, 1.54) is 31.4 Å². The number of rotatable bonds is 8. The molecule has 1 aliphatic rings. The molecule has 21 heavy (non-hydrogen) atoms. The summed E-state index contributed by atoms with van der Waals surface area (Å²) in [4.78, 5) is 18.0. The van der Waals surface area contributed by atoms with Gasteiger partial charge in [-0.3, -0.25) is 9.63 Å². The molecule has 2 rings (SSSR count). The number of ether oxygens (including phenoxy) is 1. The van der Waals surface area contributed by atoms with Crippen molar-refractivity contribution in [2.45, 2.75) is 23.2 Å². The zero-order chi connectivity index (χ0) is 15.5. The molecular weight excluding hydrogens is 298 g/mol. The number of nitrogens with one attached hydrogen (secondary N) is 1. The molecule has 1 aromatic rings. The van der Waals surface area contributed by atoms with Gasteiger partial charge < -0.3 is 9.84 Å². The van der Waals surface area contributed by atoms with Crippen molar-refractivity contribution in [1.82, 2.24) is 4.89 Å². The Morgan fingerprint density at radius 2 is 1.90 bits per heavy atom. The molecule has 0 spiro atoms. The average molecular weight is 315 g/mol. The number of carbonyl (C=O) groups is 1. The highest BCUT2D eigenvalue weighted by Gasteiger charge is 2.51. The first-order chi connectivity index (χ1) is 9.92. The van der Waals surface area contributed by atoms with Crippen LogP contribution in [0.3, 0.4) is 0 Å². The van der Waals surface area contributed by atoms with Crippen molar-refractivity contribution in [3.8, 4) is 0 Å². The second kappa shape index (κ2) is 6.10. The molecule has 0 bridgehead atoms. The van der Waals surface area contributed by atoms with Crippen molar-refractivity contribution in [2.24, 2.45) is 0 Å². The molecule has 8 heteroatoms. The SMILES string of the molecule is COCCONS(=O)(=O)c1ccc(C2(C(=O)O)CC2)cc1. The lowest BCUT2D eigenvalue weighted by Crippen LogP contribution is -2.26. The van der Waals surface area contributed by atoms with E-state index in [0.29, 0.717) is 18.4 Å². The fourth-order valence-corrected chi connectivity index (χ4v) is 2.83. The summed E-state index contributed by atoms with van der Waals surface area (Å²) in [6.07, 6.45) is 1.15. The molecule has 0 unspecified atom stereocenters. The number of aliphatic carboxylic acids is 1. The molecule has 1 aliphatic carbocycles. The van der Waals surface area contributed by atoms with E-state index in [9.17, 15) is 18.3 Å². The van der Waals surface area contributed by atoms with Gasteiger partial charge in [-0.25, -0.2) is 8.42 Å². The van der Waals surface area contributed by atoms with Crippen LogP contribution in [0, 0.1) is 0 Å². The van der Waals surface area contributed by atoms with E-state index in [2.05, 4.69) is 0 Å². The van der Waals surface area contributed by atoms with Crippen LogP contribution in [0.4, 0.5) is 0 Å². The van der Waals surface area contributed by atoms with Gasteiger partial charge in [-0.15, -0.1) is 0 Å². The topological polar surface area (TPSA) is 102 Å². The smallest absolute Gasteiger partial charge is 0.314 e. The maximum atomic E-state index is 11.9. The first-order valence-electron chi connectivity index (χ1n) is 6.39. The predicted molar refractivity (Wildman–Crippen MR) is 73.1 cm³/mol. The summed E-state index contributed by atoms with van der Waals surface area (Å²) in [6, 6.07) is 5.82. The van der Waals surface area contributed by atoms with E-state index in [1.54, 1.807) is 0 Å². The summed E-state index contributed by atoms with van der Waals surface area (Å²) in [7, 11) is -2.30. The van der Waals surface area contributed by atoms with Crippen LogP contribution >= 0.6 is 0 Å². The summed E-state index contributed by atoms with van der Waals surface area (Å²) < 4.78 is 28.6. The number of benzene rings is 1. The van der Waals surface area contributed by atoms with Gasteiger partial charge in [0.05, 0.1) is 23.5 Å². The fraction of sp³-hybridized carbons (Fsp3) is 0.462. The lowest BCUT2D eigenvalue weighted by molar-refractivity contribution is -0.140. The van der Waals surface area contributed by atoms with Crippen LogP contribution < -0.4 is 4.89 Å². The first kappa shape index (κ1) is 15.9. The van der Waals surface area contributed by atoms with Crippen molar-refractivity contribution < 1.29 is 27.9 Å². The Bertz CT molecular complexity index is 606. The van der Waals surface area contributed by atoms with Gasteiger partial charge in [-0.1, -0.05) is 17.0 Å². The minimum absolute atomic E-state index is 0.0184. The van der Waals surface area contributed by atoms with Crippen LogP contribution in [-0.2, 0) is 29.8 Å². The Labute approximate surface area is 122 Å². The van der Waals surface area contributed by atoms with Crippen molar-refractivity contribution >= 4 is 16.0 Å². The lowest BCUT2D eigenvalue weighted by atomic mass is 9.96. The number of hydrogen-bond donors (Lipinski definition) is 2. The van der Waals surface area contributed by atoms with Gasteiger partial charge in [-0.05, 0) is 30.5 Å². The predicted octanol–water partition coefficient (Wildman–Crippen LogP) is 0.659. The van der Waals surface area contributed by atoms with E-state index >= 15 is 0 Å². The van der Waals surface area contributed by atoms with Gasteiger partial charge in [0.2, 0.25) is 0 Å². The second-order valence-electron chi connectivity index (χ2n) is 4.84. The van der Waals surface area contributed by atoms with E-state index in [1.807, 2.05) is 4.89 Å². The van der Waals surface area contributed by atoms with E-state index in [-0.39, 0.29) is 18.1 Å². The molecule has 0 heterocycles. The van der Waals surface area contributed by atoms with E-state index in [0.717, 1.165) is 0 Å². The van der Waals surface area contributed by atoms with Gasteiger partial charge in [0.25, 0.3) is 10.0 Å². The minimum Gasteiger partial charge on any atom is -0.481 e. The third kappa shape index (κ3) is 3.41. The molecule has 2 N–H and O–H groups in total. The fourth-order valence-electron chi connectivity index (χ4n) is 2.00. The zero-order valence-corrected chi connectivity index (χ0v) is 12.4. The molecule has 0 amide bonds. The number of hydrogen-bond acceptors (Lipinski definition) is 5. The largest absolute Gasteiger partial charge is 0.481 e. The molecular formula is C13H17NO6S. The molecule has 7 nitrogen and oxygen atoms in total. The summed E-state index contributed by atoms with van der Waals surface area (Å²) in [5.74, 6) is -0.876. The molecule has 1 fully saturated rings. The van der Waals surface area contributed by atoms with Crippen LogP contribution in [0.25, 0.3) is 0 Å². The van der Waals surface area contributed by atoms with Gasteiger partial charge in [-0.2, -0.15) is 0 Å². The van der Waals surface area contributed by atoms with Crippen molar-refractivity contribution in [3.05, 3.63) is 29.8 Å². The third-order valence-corrected chi connectivity index (χ3v) is 4.66. The summed E-state index contributed by atoms with van der Waals surface area (Å²) >= 11 is 0. The Kier molecular flexibility index (Phi) is 4.62. The Hall–Kier alpha value is -1.48. The highest BCUT2D eigenvalue weighted by Crippen LogP contribution is 2.48. The number of methoxy groups -OCH3 is 1. The summed E-state index contributed by atoms with van der Waals surface area (Å²) in [5.41, 5.74) is -0.223. The normalized spacial score (nSPS) is 16.6. The zero-order valence-electron chi connectivity index (χ0n) is 11.5. The lowest BCUT2D eigenvalue weighted by Gasteiger charge is -2.11. The quantitative estimate of drug-likeness (QED) is 0.540. The van der Waals surface area contributed by atoms with E-state index in [4.69, 9.17) is 9.57 Å². The number of sulfonamides is 1. The number of carboxylic acids is 1. The van der Waals surface area contributed by atoms with Crippen LogP contribution in [0.2, 0.25) is 0 Å². The second-order valence-corrected chi connectivity index (χ2v) is 6.48. The van der Waals surface area contributed by atoms with Crippen LogP contribution in [-0.4, -0.2) is 39.8 Å². The van der Waals surface area contributed by atoms with Gasteiger partial charge >= 0.3 is 5.97 Å². The summed E-state index contributed by atoms with van der Waals surface area (Å²) in [5, 5.41) is 9.19. The van der Waals surface area contributed by atoms with Crippen molar-refractivity contribution in [2.75, 3.05) is 20.3 Å². The maximum absolute atomic E-state index is 11.9. The van der Waals surface area contributed by atoms with Crippen LogP contribution in [0.15, 0.2) is 29.2 Å². The Balaban J connectivity index is 2.06. The molecule has 0 radical (unpaired) electrons. The molecule has 0 atom stereocenters. The monoisotopic (exact) mass is 315 g/mol. The number of carboxylic acid groups (broad SMARTS) is 1. The van der Waals surface area contributed by atoms with Crippen molar-refractivity contribution in [3.63, 3.8) is 0 Å². The molecule has 0 aliphatic heterocycles. The average Bonchev–Trinajstić information content (AvgIpc) is 3.25. The highest BCUT2D eigenvalue weighted by atomic mass is 32.2. The van der Waals surface area contributed by atoms with Gasteiger partial charge in [0.1, 0.15) is 0 Å². The Morgan fingerprint density at radius 3 is 2.38 bits per heavy atom. The highest BCUT2D eigenvalue weighted by molar-refractivity contribution is 7.89. The molecule has 0 saturated heterocycles. The van der Waals surface area contributed by atoms with Gasteiger partial charge in [0.15, 0.2) is 0 Å². The molecule has 116 valence electrons. The molecule has 1 saturated carbocycles. The first-order valence-corrected chi connectivity index (χ1v) is 7.87. The van der Waals surface area contributed by atoms with Crippen molar-refractivity contribution in [1.29, 1.82) is 0 Å². The standard InChI is InChI=1S/C13H17NO6S/c1-19-8-9-20-14-21(17,18)11-4-2-10(3-5-11)13(6-7-13)12(15)16/h2-5,14H,6-9H2,1H3,(H,15,16). The van der Waals surface area contributed by atoms with Gasteiger partial charge in [0, 0.05) is 7.11 Å². The van der Waals surface area contributed by atoms with E-state index < -0.39 is 21.4 Å². The van der Waals surface area contributed by atoms with Crippen LogP contribution in [0.1, 0.15) is 18.4 Å². The third-order valence-electron chi connectivity index (χ3n) is 3.43. The maximum Gasteiger partial charge on any atom is 0.314 e. The molecule has 0 aromatic heterocycles. The summed E-state index contributed by atoms with van der Waals surface area (Å²) in [6.45, 7) is 0.360. The van der Waals surface area contributed by atoms with Crippen LogP contribution in [0.5, 0.6) is 0 Å². The minimum atomic E-state index is -3.78. The molecule has 1 aromatic carbocycles.